The van der Waals surface area contributed by atoms with Gasteiger partial charge in [-0.1, -0.05) is 19.8 Å². The quantitative estimate of drug-likeness (QED) is 0.754. The maximum atomic E-state index is 4.43. The summed E-state index contributed by atoms with van der Waals surface area (Å²) in [4.78, 5) is 4.29. The molecule has 0 unspecified atom stereocenters. The molecular weight excluding hydrogens is 200 g/mol. The van der Waals surface area contributed by atoms with Crippen LogP contribution in [-0.2, 0) is 13.1 Å². The van der Waals surface area contributed by atoms with Gasteiger partial charge in [0.2, 0.25) is 0 Å². The molecule has 0 spiro atoms. The lowest BCUT2D eigenvalue weighted by Crippen LogP contribution is -2.35. The van der Waals surface area contributed by atoms with Crippen LogP contribution in [0.2, 0.25) is 0 Å². The summed E-state index contributed by atoms with van der Waals surface area (Å²) in [7, 11) is 0. The molecule has 0 saturated carbocycles. The van der Waals surface area contributed by atoms with Crippen molar-refractivity contribution in [3.8, 4) is 0 Å². The smallest absolute Gasteiger partial charge is 0.164 e. The maximum Gasteiger partial charge on any atom is 0.164 e. The van der Waals surface area contributed by atoms with E-state index in [1.54, 1.807) is 0 Å². The molecule has 0 aliphatic carbocycles. The van der Waals surface area contributed by atoms with Crippen molar-refractivity contribution in [1.82, 2.24) is 20.1 Å². The fraction of sp³-hybridized carbons (Fsp3) is 0.833. The van der Waals surface area contributed by atoms with Crippen LogP contribution in [-0.4, -0.2) is 20.3 Å². The maximum absolute atomic E-state index is 4.43. The highest BCUT2D eigenvalue weighted by molar-refractivity contribution is 4.83. The third-order valence-corrected chi connectivity index (χ3v) is 2.35. The van der Waals surface area contributed by atoms with Gasteiger partial charge in [-0.2, -0.15) is 5.10 Å². The van der Waals surface area contributed by atoms with E-state index in [0.29, 0.717) is 0 Å². The van der Waals surface area contributed by atoms with Crippen LogP contribution in [0.5, 0.6) is 0 Å². The van der Waals surface area contributed by atoms with E-state index in [1.165, 1.54) is 19.3 Å². The number of rotatable bonds is 6. The van der Waals surface area contributed by atoms with Crippen LogP contribution < -0.4 is 5.32 Å². The van der Waals surface area contributed by atoms with Crippen molar-refractivity contribution in [3.05, 3.63) is 12.2 Å². The van der Waals surface area contributed by atoms with Crippen molar-refractivity contribution in [2.24, 2.45) is 0 Å². The predicted octanol–water partition coefficient (Wildman–Crippen LogP) is 2.36. The van der Waals surface area contributed by atoms with E-state index in [2.05, 4.69) is 43.1 Å². The third-order valence-electron chi connectivity index (χ3n) is 2.35. The first-order valence-electron chi connectivity index (χ1n) is 6.14. The molecular formula is C12H24N4. The molecule has 1 aromatic heterocycles. The summed E-state index contributed by atoms with van der Waals surface area (Å²) < 4.78 is 1.94. The zero-order valence-electron chi connectivity index (χ0n) is 11.0. The summed E-state index contributed by atoms with van der Waals surface area (Å²) in [5.74, 6) is 0.881. The van der Waals surface area contributed by atoms with Crippen LogP contribution in [0.15, 0.2) is 6.33 Å². The SMILES string of the molecule is CCCCCn1cnc(CNC(C)(C)C)n1. The molecule has 1 rings (SSSR count). The molecule has 1 heterocycles. The van der Waals surface area contributed by atoms with Gasteiger partial charge in [-0.05, 0) is 27.2 Å². The molecule has 0 amide bonds. The van der Waals surface area contributed by atoms with Crippen molar-refractivity contribution in [2.45, 2.75) is 65.6 Å². The molecule has 0 radical (unpaired) electrons. The zero-order chi connectivity index (χ0) is 12.0. The predicted molar refractivity (Wildman–Crippen MR) is 66.1 cm³/mol. The molecule has 0 aliphatic heterocycles. The van der Waals surface area contributed by atoms with Crippen molar-refractivity contribution in [2.75, 3.05) is 0 Å². The van der Waals surface area contributed by atoms with Gasteiger partial charge in [0.25, 0.3) is 0 Å². The molecule has 0 aromatic carbocycles. The Bertz CT molecular complexity index is 298. The average molecular weight is 224 g/mol. The van der Waals surface area contributed by atoms with Gasteiger partial charge in [-0.3, -0.25) is 4.68 Å². The molecule has 4 heteroatoms. The number of aryl methyl sites for hydroxylation is 1. The summed E-state index contributed by atoms with van der Waals surface area (Å²) in [6, 6.07) is 0. The lowest BCUT2D eigenvalue weighted by atomic mass is 10.1. The highest BCUT2D eigenvalue weighted by Gasteiger charge is 2.10. The van der Waals surface area contributed by atoms with Crippen LogP contribution in [0.25, 0.3) is 0 Å². The number of nitrogens with zero attached hydrogens (tertiary/aromatic N) is 3. The first-order chi connectivity index (χ1) is 7.51. The molecule has 1 aromatic rings. The standard InChI is InChI=1S/C12H24N4/c1-5-6-7-8-16-10-13-11(15-16)9-14-12(2,3)4/h10,14H,5-9H2,1-4H3. The third kappa shape index (κ3) is 5.26. The molecule has 0 fully saturated rings. The highest BCUT2D eigenvalue weighted by Crippen LogP contribution is 2.01. The van der Waals surface area contributed by atoms with Crippen LogP contribution in [0.1, 0.15) is 52.8 Å². The Balaban J connectivity index is 2.33. The molecule has 4 nitrogen and oxygen atoms in total. The molecule has 92 valence electrons. The van der Waals surface area contributed by atoms with Crippen molar-refractivity contribution >= 4 is 0 Å². The monoisotopic (exact) mass is 224 g/mol. The Morgan fingerprint density at radius 2 is 2.06 bits per heavy atom. The Hall–Kier alpha value is -0.900. The van der Waals surface area contributed by atoms with E-state index in [-0.39, 0.29) is 5.54 Å². The summed E-state index contributed by atoms with van der Waals surface area (Å²) in [6.45, 7) is 10.4. The second-order valence-corrected chi connectivity index (χ2v) is 5.23. The van der Waals surface area contributed by atoms with Gasteiger partial charge in [0.1, 0.15) is 6.33 Å². The van der Waals surface area contributed by atoms with E-state index < -0.39 is 0 Å². The van der Waals surface area contributed by atoms with E-state index in [0.717, 1.165) is 18.9 Å². The average Bonchev–Trinajstić information content (AvgIpc) is 2.62. The van der Waals surface area contributed by atoms with Gasteiger partial charge in [-0.15, -0.1) is 0 Å². The van der Waals surface area contributed by atoms with Gasteiger partial charge in [-0.25, -0.2) is 4.98 Å². The minimum absolute atomic E-state index is 0.119. The van der Waals surface area contributed by atoms with Crippen LogP contribution in [0.4, 0.5) is 0 Å². The topological polar surface area (TPSA) is 42.7 Å². The fourth-order valence-electron chi connectivity index (χ4n) is 1.39. The second kappa shape index (κ2) is 5.99. The first kappa shape index (κ1) is 13.2. The summed E-state index contributed by atoms with van der Waals surface area (Å²) in [5, 5.41) is 7.81. The van der Waals surface area contributed by atoms with Gasteiger partial charge in [0.05, 0.1) is 6.54 Å². The van der Waals surface area contributed by atoms with Gasteiger partial charge >= 0.3 is 0 Å². The number of nitrogens with one attached hydrogen (secondary N) is 1. The van der Waals surface area contributed by atoms with Gasteiger partial charge < -0.3 is 5.32 Å². The molecule has 0 atom stereocenters. The van der Waals surface area contributed by atoms with Gasteiger partial charge in [0.15, 0.2) is 5.82 Å². The van der Waals surface area contributed by atoms with E-state index in [1.807, 2.05) is 11.0 Å². The molecule has 16 heavy (non-hydrogen) atoms. The summed E-state index contributed by atoms with van der Waals surface area (Å²) >= 11 is 0. The van der Waals surface area contributed by atoms with Crippen molar-refractivity contribution in [1.29, 1.82) is 0 Å². The highest BCUT2D eigenvalue weighted by atomic mass is 15.3. The van der Waals surface area contributed by atoms with Crippen LogP contribution in [0.3, 0.4) is 0 Å². The number of hydrogen-bond donors (Lipinski definition) is 1. The molecule has 0 saturated heterocycles. The zero-order valence-corrected chi connectivity index (χ0v) is 11.0. The largest absolute Gasteiger partial charge is 0.305 e. The lowest BCUT2D eigenvalue weighted by molar-refractivity contribution is 0.416. The summed E-state index contributed by atoms with van der Waals surface area (Å²) in [6.07, 6.45) is 5.52. The summed E-state index contributed by atoms with van der Waals surface area (Å²) in [5.41, 5.74) is 0.119. The van der Waals surface area contributed by atoms with Crippen molar-refractivity contribution < 1.29 is 0 Å². The molecule has 0 bridgehead atoms. The van der Waals surface area contributed by atoms with Crippen molar-refractivity contribution in [3.63, 3.8) is 0 Å². The van der Waals surface area contributed by atoms with Crippen LogP contribution >= 0.6 is 0 Å². The Labute approximate surface area is 98.5 Å². The van der Waals surface area contributed by atoms with E-state index in [4.69, 9.17) is 0 Å². The lowest BCUT2D eigenvalue weighted by Gasteiger charge is -2.19. The fourth-order valence-corrected chi connectivity index (χ4v) is 1.39. The molecule has 0 aliphatic rings. The Morgan fingerprint density at radius 3 is 2.69 bits per heavy atom. The normalized spacial score (nSPS) is 12.0. The minimum atomic E-state index is 0.119. The Morgan fingerprint density at radius 1 is 1.31 bits per heavy atom. The Kier molecular flexibility index (Phi) is 4.93. The van der Waals surface area contributed by atoms with E-state index in [9.17, 15) is 0 Å². The van der Waals surface area contributed by atoms with Crippen LogP contribution in [0, 0.1) is 0 Å². The number of unbranched alkanes of at least 4 members (excludes halogenated alkanes) is 2. The van der Waals surface area contributed by atoms with E-state index >= 15 is 0 Å². The molecule has 1 N–H and O–H groups in total. The number of hydrogen-bond acceptors (Lipinski definition) is 3. The first-order valence-corrected chi connectivity index (χ1v) is 6.14. The van der Waals surface area contributed by atoms with Gasteiger partial charge in [0, 0.05) is 12.1 Å². The number of aromatic nitrogens is 3. The minimum Gasteiger partial charge on any atom is -0.305 e. The second-order valence-electron chi connectivity index (χ2n) is 5.23.